The molecule has 2 amide bonds. The molecular formula is C12H20N4O. The molecule has 0 bridgehead atoms. The van der Waals surface area contributed by atoms with E-state index in [0.29, 0.717) is 6.54 Å². The molecule has 0 spiro atoms. The van der Waals surface area contributed by atoms with Crippen LogP contribution in [0.5, 0.6) is 0 Å². The second kappa shape index (κ2) is 5.70. The van der Waals surface area contributed by atoms with E-state index in [4.69, 9.17) is 0 Å². The molecule has 1 aromatic rings. The summed E-state index contributed by atoms with van der Waals surface area (Å²) >= 11 is 0. The van der Waals surface area contributed by atoms with Gasteiger partial charge in [0.25, 0.3) is 0 Å². The van der Waals surface area contributed by atoms with E-state index in [-0.39, 0.29) is 6.03 Å². The third-order valence-corrected chi connectivity index (χ3v) is 3.26. The largest absolute Gasteiger partial charge is 0.349 e. The molecule has 0 unspecified atom stereocenters. The summed E-state index contributed by atoms with van der Waals surface area (Å²) in [5.41, 5.74) is 0. The molecule has 5 heteroatoms. The zero-order chi connectivity index (χ0) is 12.1. The van der Waals surface area contributed by atoms with Crippen molar-refractivity contribution in [3.63, 3.8) is 0 Å². The van der Waals surface area contributed by atoms with Gasteiger partial charge >= 0.3 is 6.03 Å². The number of nitrogens with one attached hydrogen (secondary N) is 2. The Morgan fingerprint density at radius 2 is 2.35 bits per heavy atom. The van der Waals surface area contributed by atoms with Crippen LogP contribution in [-0.4, -0.2) is 40.5 Å². The molecule has 0 saturated carbocycles. The van der Waals surface area contributed by atoms with Gasteiger partial charge in [0, 0.05) is 38.4 Å². The molecule has 1 aliphatic heterocycles. The second-order valence-electron chi connectivity index (χ2n) is 4.69. The SMILES string of the molecule is CC1CCN(C(=O)NCCc2ncc[nH]2)CC1. The van der Waals surface area contributed by atoms with Crippen LogP contribution in [0, 0.1) is 5.92 Å². The maximum atomic E-state index is 11.8. The first-order valence-corrected chi connectivity index (χ1v) is 6.26. The van der Waals surface area contributed by atoms with Crippen molar-refractivity contribution < 1.29 is 4.79 Å². The normalized spacial score (nSPS) is 17.1. The standard InChI is InChI=1S/C12H20N4O/c1-10-3-8-16(9-4-10)12(17)15-5-2-11-13-6-7-14-11/h6-7,10H,2-5,8-9H2,1H3,(H,13,14)(H,15,17). The number of amides is 2. The van der Waals surface area contributed by atoms with Gasteiger partial charge in [-0.15, -0.1) is 0 Å². The second-order valence-corrected chi connectivity index (χ2v) is 4.69. The molecule has 0 aromatic carbocycles. The Labute approximate surface area is 102 Å². The Kier molecular flexibility index (Phi) is 4.01. The number of urea groups is 1. The van der Waals surface area contributed by atoms with E-state index in [1.807, 2.05) is 4.90 Å². The first-order valence-electron chi connectivity index (χ1n) is 6.26. The van der Waals surface area contributed by atoms with Crippen LogP contribution in [-0.2, 0) is 6.42 Å². The highest BCUT2D eigenvalue weighted by molar-refractivity contribution is 5.74. The molecule has 2 N–H and O–H groups in total. The fraction of sp³-hybridized carbons (Fsp3) is 0.667. The lowest BCUT2D eigenvalue weighted by Crippen LogP contribution is -2.44. The Morgan fingerprint density at radius 3 is 3.00 bits per heavy atom. The minimum Gasteiger partial charge on any atom is -0.349 e. The summed E-state index contributed by atoms with van der Waals surface area (Å²) in [4.78, 5) is 20.9. The van der Waals surface area contributed by atoms with Crippen LogP contribution in [0.1, 0.15) is 25.6 Å². The van der Waals surface area contributed by atoms with Crippen LogP contribution in [0.2, 0.25) is 0 Å². The highest BCUT2D eigenvalue weighted by Crippen LogP contribution is 2.15. The minimum atomic E-state index is 0.0588. The van der Waals surface area contributed by atoms with Gasteiger partial charge in [0.15, 0.2) is 0 Å². The van der Waals surface area contributed by atoms with E-state index in [1.165, 1.54) is 0 Å². The van der Waals surface area contributed by atoms with Gasteiger partial charge in [-0.2, -0.15) is 0 Å². The molecule has 17 heavy (non-hydrogen) atoms. The van der Waals surface area contributed by atoms with Gasteiger partial charge in [-0.3, -0.25) is 0 Å². The van der Waals surface area contributed by atoms with Gasteiger partial charge in [-0.05, 0) is 18.8 Å². The van der Waals surface area contributed by atoms with Crippen molar-refractivity contribution in [3.8, 4) is 0 Å². The van der Waals surface area contributed by atoms with Gasteiger partial charge < -0.3 is 15.2 Å². The molecular weight excluding hydrogens is 216 g/mol. The lowest BCUT2D eigenvalue weighted by Gasteiger charge is -2.30. The Balaban J connectivity index is 1.67. The van der Waals surface area contributed by atoms with Gasteiger partial charge in [0.05, 0.1) is 0 Å². The Morgan fingerprint density at radius 1 is 1.59 bits per heavy atom. The molecule has 94 valence electrons. The summed E-state index contributed by atoms with van der Waals surface area (Å²) in [7, 11) is 0. The third kappa shape index (κ3) is 3.47. The lowest BCUT2D eigenvalue weighted by atomic mass is 10.00. The van der Waals surface area contributed by atoms with Crippen LogP contribution in [0.15, 0.2) is 12.4 Å². The van der Waals surface area contributed by atoms with Gasteiger partial charge in [-0.1, -0.05) is 6.92 Å². The smallest absolute Gasteiger partial charge is 0.317 e. The number of aromatic amines is 1. The fourth-order valence-electron chi connectivity index (χ4n) is 2.05. The number of hydrogen-bond donors (Lipinski definition) is 2. The number of carbonyl (C=O) groups excluding carboxylic acids is 1. The molecule has 0 radical (unpaired) electrons. The highest BCUT2D eigenvalue weighted by atomic mass is 16.2. The maximum absolute atomic E-state index is 11.8. The van der Waals surface area contributed by atoms with Crippen LogP contribution in [0.4, 0.5) is 4.79 Å². The van der Waals surface area contributed by atoms with Crippen molar-refractivity contribution in [1.82, 2.24) is 20.2 Å². The Hall–Kier alpha value is -1.52. The molecule has 1 aromatic heterocycles. The van der Waals surface area contributed by atoms with Crippen molar-refractivity contribution in [2.24, 2.45) is 5.92 Å². The summed E-state index contributed by atoms with van der Waals surface area (Å²) in [6, 6.07) is 0.0588. The summed E-state index contributed by atoms with van der Waals surface area (Å²) in [6.45, 7) is 4.64. The van der Waals surface area contributed by atoms with Gasteiger partial charge in [0.2, 0.25) is 0 Å². The number of aromatic nitrogens is 2. The van der Waals surface area contributed by atoms with Crippen LogP contribution in [0.3, 0.4) is 0 Å². The number of likely N-dealkylation sites (tertiary alicyclic amines) is 1. The summed E-state index contributed by atoms with van der Waals surface area (Å²) in [6.07, 6.45) is 6.51. The molecule has 2 rings (SSSR count). The number of piperidine rings is 1. The van der Waals surface area contributed by atoms with E-state index in [9.17, 15) is 4.79 Å². The number of rotatable bonds is 3. The maximum Gasteiger partial charge on any atom is 0.317 e. The van der Waals surface area contributed by atoms with E-state index in [0.717, 1.165) is 44.1 Å². The monoisotopic (exact) mass is 236 g/mol. The molecule has 1 fully saturated rings. The zero-order valence-electron chi connectivity index (χ0n) is 10.3. The van der Waals surface area contributed by atoms with E-state index in [1.54, 1.807) is 12.4 Å². The summed E-state index contributed by atoms with van der Waals surface area (Å²) in [5.74, 6) is 1.67. The van der Waals surface area contributed by atoms with Crippen molar-refractivity contribution in [1.29, 1.82) is 0 Å². The third-order valence-electron chi connectivity index (χ3n) is 3.26. The highest BCUT2D eigenvalue weighted by Gasteiger charge is 2.19. The number of imidazole rings is 1. The summed E-state index contributed by atoms with van der Waals surface area (Å²) in [5, 5.41) is 2.93. The topological polar surface area (TPSA) is 61.0 Å². The van der Waals surface area contributed by atoms with E-state index in [2.05, 4.69) is 22.2 Å². The van der Waals surface area contributed by atoms with Crippen molar-refractivity contribution in [2.75, 3.05) is 19.6 Å². The minimum absolute atomic E-state index is 0.0588. The first kappa shape index (κ1) is 12.0. The van der Waals surface area contributed by atoms with Crippen LogP contribution < -0.4 is 5.32 Å². The van der Waals surface area contributed by atoms with Crippen LogP contribution >= 0.6 is 0 Å². The molecule has 0 aliphatic carbocycles. The number of hydrogen-bond acceptors (Lipinski definition) is 2. The molecule has 5 nitrogen and oxygen atoms in total. The zero-order valence-corrected chi connectivity index (χ0v) is 10.3. The molecule has 0 atom stereocenters. The van der Waals surface area contributed by atoms with Crippen molar-refractivity contribution in [3.05, 3.63) is 18.2 Å². The fourth-order valence-corrected chi connectivity index (χ4v) is 2.05. The number of nitrogens with zero attached hydrogens (tertiary/aromatic N) is 2. The number of H-pyrrole nitrogens is 1. The lowest BCUT2D eigenvalue weighted by molar-refractivity contribution is 0.174. The van der Waals surface area contributed by atoms with Crippen molar-refractivity contribution in [2.45, 2.75) is 26.2 Å². The van der Waals surface area contributed by atoms with Crippen LogP contribution in [0.25, 0.3) is 0 Å². The van der Waals surface area contributed by atoms with Gasteiger partial charge in [0.1, 0.15) is 5.82 Å². The molecule has 1 aliphatic rings. The summed E-state index contributed by atoms with van der Waals surface area (Å²) < 4.78 is 0. The van der Waals surface area contributed by atoms with Crippen molar-refractivity contribution >= 4 is 6.03 Å². The quantitative estimate of drug-likeness (QED) is 0.833. The Bertz CT molecular complexity index is 341. The van der Waals surface area contributed by atoms with E-state index >= 15 is 0 Å². The van der Waals surface area contributed by atoms with Gasteiger partial charge in [-0.25, -0.2) is 9.78 Å². The predicted octanol–water partition coefficient (Wildman–Crippen LogP) is 1.39. The predicted molar refractivity (Wildman–Crippen MR) is 65.7 cm³/mol. The van der Waals surface area contributed by atoms with E-state index < -0.39 is 0 Å². The first-order chi connectivity index (χ1) is 8.25. The average Bonchev–Trinajstić information content (AvgIpc) is 2.83. The molecule has 1 saturated heterocycles. The molecule has 2 heterocycles. The average molecular weight is 236 g/mol. The number of carbonyl (C=O) groups is 1.